The molecule has 4 rings (SSSR count). The van der Waals surface area contributed by atoms with Gasteiger partial charge >= 0.3 is 0 Å². The van der Waals surface area contributed by atoms with Crippen molar-refractivity contribution < 1.29 is 14.3 Å². The molecule has 8 atom stereocenters. The molecule has 0 heterocycles. The predicted octanol–water partition coefficient (Wildman–Crippen LogP) is 3.91. The molecular formula is C19H29FO2. The first-order chi connectivity index (χ1) is 10.4. The summed E-state index contributed by atoms with van der Waals surface area (Å²) in [5.74, 6) is 1.13. The highest BCUT2D eigenvalue weighted by molar-refractivity contribution is 5.91. The Hall–Kier alpha value is -0.440. The van der Waals surface area contributed by atoms with E-state index in [2.05, 4.69) is 6.92 Å². The van der Waals surface area contributed by atoms with Crippen molar-refractivity contribution >= 4 is 5.78 Å². The molecule has 3 heteroatoms. The lowest BCUT2D eigenvalue weighted by Crippen LogP contribution is -2.57. The van der Waals surface area contributed by atoms with E-state index in [-0.39, 0.29) is 23.7 Å². The number of aliphatic hydroxyl groups excluding tert-OH is 1. The maximum atomic E-state index is 14.1. The van der Waals surface area contributed by atoms with E-state index in [0.717, 1.165) is 19.3 Å². The third-order valence-electron chi connectivity index (χ3n) is 8.30. The van der Waals surface area contributed by atoms with Crippen LogP contribution >= 0.6 is 0 Å². The predicted molar refractivity (Wildman–Crippen MR) is 83.0 cm³/mol. The smallest absolute Gasteiger partial charge is 0.173 e. The maximum absolute atomic E-state index is 14.1. The molecule has 0 aromatic heterocycles. The minimum atomic E-state index is -1.29. The van der Waals surface area contributed by atoms with Crippen molar-refractivity contribution in [1.82, 2.24) is 0 Å². The first-order valence-electron chi connectivity index (χ1n) is 9.24. The molecule has 0 spiro atoms. The Labute approximate surface area is 132 Å². The SMILES string of the molecule is C[C@]12CCCCC1C[C@H](O)[C@@H]1[C@@H]2CC[C@]2(C)C(=O)[C@H](F)C[C@@H]12. The van der Waals surface area contributed by atoms with Crippen LogP contribution in [0.2, 0.25) is 0 Å². The number of hydrogen-bond acceptors (Lipinski definition) is 2. The zero-order valence-electron chi connectivity index (χ0n) is 13.9. The van der Waals surface area contributed by atoms with E-state index in [9.17, 15) is 14.3 Å². The number of alkyl halides is 1. The van der Waals surface area contributed by atoms with E-state index < -0.39 is 11.6 Å². The maximum Gasteiger partial charge on any atom is 0.173 e. The second kappa shape index (κ2) is 4.78. The molecule has 22 heavy (non-hydrogen) atoms. The van der Waals surface area contributed by atoms with Gasteiger partial charge in [-0.1, -0.05) is 26.7 Å². The van der Waals surface area contributed by atoms with Gasteiger partial charge in [0.15, 0.2) is 12.0 Å². The Balaban J connectivity index is 1.71. The molecule has 0 radical (unpaired) electrons. The molecule has 0 saturated heterocycles. The molecule has 124 valence electrons. The van der Waals surface area contributed by atoms with E-state index >= 15 is 0 Å². The second-order valence-electron chi connectivity index (χ2n) is 9.07. The number of fused-ring (bicyclic) bond motifs is 5. The Morgan fingerprint density at radius 2 is 1.86 bits per heavy atom. The summed E-state index contributed by atoms with van der Waals surface area (Å²) in [5, 5.41) is 10.9. The number of ketones is 1. The molecule has 4 aliphatic rings. The van der Waals surface area contributed by atoms with E-state index in [4.69, 9.17) is 0 Å². The first-order valence-corrected chi connectivity index (χ1v) is 9.24. The molecule has 0 aromatic carbocycles. The lowest BCUT2D eigenvalue weighted by Gasteiger charge is -2.60. The summed E-state index contributed by atoms with van der Waals surface area (Å²) < 4.78 is 14.1. The van der Waals surface area contributed by atoms with Crippen LogP contribution < -0.4 is 0 Å². The van der Waals surface area contributed by atoms with Crippen LogP contribution in [0.5, 0.6) is 0 Å². The Bertz CT molecular complexity index is 492. The Kier molecular flexibility index (Phi) is 3.28. The van der Waals surface area contributed by atoms with Gasteiger partial charge in [-0.15, -0.1) is 0 Å². The highest BCUT2D eigenvalue weighted by Crippen LogP contribution is 2.65. The van der Waals surface area contributed by atoms with Gasteiger partial charge in [0.05, 0.1) is 6.10 Å². The van der Waals surface area contributed by atoms with E-state index in [0.29, 0.717) is 23.7 Å². The van der Waals surface area contributed by atoms with Gasteiger partial charge in [-0.05, 0) is 67.6 Å². The molecule has 4 saturated carbocycles. The van der Waals surface area contributed by atoms with Crippen molar-refractivity contribution in [2.24, 2.45) is 34.5 Å². The lowest BCUT2D eigenvalue weighted by atomic mass is 9.44. The summed E-state index contributed by atoms with van der Waals surface area (Å²) >= 11 is 0. The van der Waals surface area contributed by atoms with Gasteiger partial charge in [-0.3, -0.25) is 4.79 Å². The number of rotatable bonds is 0. The van der Waals surface area contributed by atoms with Gasteiger partial charge in [0.2, 0.25) is 0 Å². The van der Waals surface area contributed by atoms with Crippen LogP contribution in [-0.2, 0) is 4.79 Å². The van der Waals surface area contributed by atoms with Crippen molar-refractivity contribution in [3.8, 4) is 0 Å². The summed E-state index contributed by atoms with van der Waals surface area (Å²) in [7, 11) is 0. The third-order valence-corrected chi connectivity index (χ3v) is 8.30. The second-order valence-corrected chi connectivity index (χ2v) is 9.07. The summed E-state index contributed by atoms with van der Waals surface area (Å²) in [6, 6.07) is 0. The fourth-order valence-corrected chi connectivity index (χ4v) is 7.01. The van der Waals surface area contributed by atoms with Gasteiger partial charge in [-0.25, -0.2) is 4.39 Å². The average molecular weight is 308 g/mol. The zero-order chi connectivity index (χ0) is 15.7. The van der Waals surface area contributed by atoms with Crippen LogP contribution in [0.25, 0.3) is 0 Å². The number of hydrogen-bond donors (Lipinski definition) is 1. The minimum Gasteiger partial charge on any atom is -0.393 e. The van der Waals surface area contributed by atoms with Gasteiger partial charge in [-0.2, -0.15) is 0 Å². The van der Waals surface area contributed by atoms with Crippen LogP contribution in [0.4, 0.5) is 4.39 Å². The van der Waals surface area contributed by atoms with Crippen LogP contribution in [-0.4, -0.2) is 23.2 Å². The van der Waals surface area contributed by atoms with E-state index in [1.54, 1.807) is 0 Å². The minimum absolute atomic E-state index is 0.0588. The van der Waals surface area contributed by atoms with E-state index in [1.165, 1.54) is 25.7 Å². The molecular weight excluding hydrogens is 279 g/mol. The van der Waals surface area contributed by atoms with Crippen molar-refractivity contribution in [1.29, 1.82) is 0 Å². The molecule has 1 N–H and O–H groups in total. The normalized spacial score (nSPS) is 57.9. The Morgan fingerprint density at radius 1 is 1.09 bits per heavy atom. The number of Topliss-reactive ketones (excluding diaryl/α,β-unsaturated/α-hetero) is 1. The molecule has 0 aliphatic heterocycles. The van der Waals surface area contributed by atoms with Gasteiger partial charge < -0.3 is 5.11 Å². The van der Waals surface area contributed by atoms with Crippen LogP contribution in [0.15, 0.2) is 0 Å². The molecule has 1 unspecified atom stereocenters. The van der Waals surface area contributed by atoms with Crippen LogP contribution in [0, 0.1) is 34.5 Å². The fraction of sp³-hybridized carbons (Fsp3) is 0.947. The molecule has 2 nitrogen and oxygen atoms in total. The zero-order valence-corrected chi connectivity index (χ0v) is 13.9. The highest BCUT2D eigenvalue weighted by Gasteiger charge is 2.64. The summed E-state index contributed by atoms with van der Waals surface area (Å²) in [5.41, 5.74) is -0.208. The van der Waals surface area contributed by atoms with Crippen molar-refractivity contribution in [2.45, 2.75) is 77.5 Å². The van der Waals surface area contributed by atoms with Gasteiger partial charge in [0, 0.05) is 5.41 Å². The number of aliphatic hydroxyl groups is 1. The molecule has 0 aromatic rings. The molecule has 4 aliphatic carbocycles. The topological polar surface area (TPSA) is 37.3 Å². The quantitative estimate of drug-likeness (QED) is 0.737. The van der Waals surface area contributed by atoms with Crippen LogP contribution in [0.1, 0.15) is 65.2 Å². The fourth-order valence-electron chi connectivity index (χ4n) is 7.01. The largest absolute Gasteiger partial charge is 0.393 e. The molecule has 4 fully saturated rings. The lowest BCUT2D eigenvalue weighted by molar-refractivity contribution is -0.163. The first kappa shape index (κ1) is 15.1. The number of carbonyl (C=O) groups is 1. The Morgan fingerprint density at radius 3 is 2.64 bits per heavy atom. The van der Waals surface area contributed by atoms with Gasteiger partial charge in [0.25, 0.3) is 0 Å². The summed E-state index contributed by atoms with van der Waals surface area (Å²) in [4.78, 5) is 12.3. The standard InChI is InChI=1S/C19H29FO2/c1-18-7-4-3-5-11(18)9-15(21)16-12(18)6-8-19(2)13(16)10-14(20)17(19)22/h11-16,21H,3-10H2,1-2H3/t11?,12-,13-,14+,15-,16+,18-,19-/m0/s1. The van der Waals surface area contributed by atoms with Crippen molar-refractivity contribution in [3.63, 3.8) is 0 Å². The third kappa shape index (κ3) is 1.78. The van der Waals surface area contributed by atoms with Crippen LogP contribution in [0.3, 0.4) is 0 Å². The number of halogens is 1. The molecule has 0 amide bonds. The highest BCUT2D eigenvalue weighted by atomic mass is 19.1. The monoisotopic (exact) mass is 308 g/mol. The summed E-state index contributed by atoms with van der Waals surface area (Å²) in [6.45, 7) is 4.39. The summed E-state index contributed by atoms with van der Waals surface area (Å²) in [6.07, 6.45) is 6.50. The van der Waals surface area contributed by atoms with Gasteiger partial charge in [0.1, 0.15) is 0 Å². The molecule has 0 bridgehead atoms. The average Bonchev–Trinajstić information content (AvgIpc) is 2.71. The van der Waals surface area contributed by atoms with Crippen molar-refractivity contribution in [3.05, 3.63) is 0 Å². The number of carbonyl (C=O) groups excluding carboxylic acids is 1. The van der Waals surface area contributed by atoms with E-state index in [1.807, 2.05) is 6.92 Å². The van der Waals surface area contributed by atoms with Crippen molar-refractivity contribution in [2.75, 3.05) is 0 Å².